The fourth-order valence-corrected chi connectivity index (χ4v) is 7.41. The molecule has 1 aromatic carbocycles. The van der Waals surface area contributed by atoms with Gasteiger partial charge in [-0.1, -0.05) is 12.1 Å². The third-order valence-corrected chi connectivity index (χ3v) is 10.3. The second kappa shape index (κ2) is 17.4. The molecule has 5 atom stereocenters. The number of carbonyl (C=O) groups excluding carboxylic acids is 5. The SMILES string of the molecule is COc1ccc(C[C@@H]2[C@H](OC(=O)NCCN3C[C@@H](NC(=O)C4CC(F)(F)C4)[C@H](NC(=O)C4CC(F)(F)C4)C3)[C@@H](OC(=O)OC(C)(C)C)CN2C(=O)OC(C)(C)C)cc1. The molecule has 0 unspecified atom stereocenters. The zero-order valence-electron chi connectivity index (χ0n) is 33.9. The summed E-state index contributed by atoms with van der Waals surface area (Å²) in [4.78, 5) is 68.7. The Morgan fingerprint density at radius 3 is 1.74 bits per heavy atom. The molecule has 2 saturated carbocycles. The van der Waals surface area contributed by atoms with Crippen LogP contribution >= 0.6 is 0 Å². The van der Waals surface area contributed by atoms with Gasteiger partial charge < -0.3 is 39.6 Å². The molecule has 324 valence electrons. The minimum Gasteiger partial charge on any atom is -0.497 e. The highest BCUT2D eigenvalue weighted by Crippen LogP contribution is 2.43. The molecule has 0 bridgehead atoms. The number of carbonyl (C=O) groups is 5. The maximum absolute atomic E-state index is 13.6. The molecule has 0 radical (unpaired) electrons. The van der Waals surface area contributed by atoms with Crippen molar-refractivity contribution in [3.63, 3.8) is 0 Å². The largest absolute Gasteiger partial charge is 0.509 e. The van der Waals surface area contributed by atoms with Crippen LogP contribution in [0, 0.1) is 11.8 Å². The Hall–Kier alpha value is -4.55. The van der Waals surface area contributed by atoms with Crippen LogP contribution in [0.15, 0.2) is 24.3 Å². The number of nitrogens with zero attached hydrogens (tertiary/aromatic N) is 2. The van der Waals surface area contributed by atoms with Crippen LogP contribution in [0.1, 0.15) is 72.8 Å². The number of alkyl halides is 4. The number of hydrogen-bond acceptors (Lipinski definition) is 11. The summed E-state index contributed by atoms with van der Waals surface area (Å²) in [6.07, 6.45) is -7.18. The van der Waals surface area contributed by atoms with Crippen LogP contribution in [0.25, 0.3) is 0 Å². The topological polar surface area (TPSA) is 174 Å². The van der Waals surface area contributed by atoms with Gasteiger partial charge in [-0.25, -0.2) is 31.9 Å². The first-order chi connectivity index (χ1) is 26.9. The third-order valence-electron chi connectivity index (χ3n) is 10.3. The number of halogens is 4. The fourth-order valence-electron chi connectivity index (χ4n) is 7.41. The van der Waals surface area contributed by atoms with Gasteiger partial charge in [-0.2, -0.15) is 0 Å². The highest BCUT2D eigenvalue weighted by atomic mass is 19.3. The van der Waals surface area contributed by atoms with Gasteiger partial charge >= 0.3 is 18.3 Å². The fraction of sp³-hybridized carbons (Fsp3) is 0.718. The molecular formula is C39H55F4N5O10. The summed E-state index contributed by atoms with van der Waals surface area (Å²) in [6.45, 7) is 10.4. The predicted octanol–water partition coefficient (Wildman–Crippen LogP) is 4.65. The van der Waals surface area contributed by atoms with Crippen LogP contribution < -0.4 is 20.7 Å². The number of amides is 4. The Bertz CT molecular complexity index is 1610. The number of benzene rings is 1. The molecule has 2 heterocycles. The molecule has 0 spiro atoms. The number of rotatable bonds is 12. The standard InChI is InChI=1S/C39H55F4N5O10/c1-36(2,3)57-34(52)48-21-29(55-35(53)58-37(4,5)6)30(28(48)14-22-8-10-25(54-7)11-9-22)56-33(51)44-12-13-47-19-26(45-31(49)23-15-38(40,41)16-23)27(20-47)46-32(50)24-17-39(42,43)18-24/h8-11,23-24,26-30H,12-21H2,1-7H3,(H,44,51)(H,45,49)(H,46,50)/t26-,27-,28-,29+,30+/m1/s1. The molecule has 2 aliphatic carbocycles. The lowest BCUT2D eigenvalue weighted by Gasteiger charge is -2.36. The zero-order valence-corrected chi connectivity index (χ0v) is 33.9. The van der Waals surface area contributed by atoms with Crippen molar-refractivity contribution < 1.29 is 65.2 Å². The van der Waals surface area contributed by atoms with Gasteiger partial charge in [0.1, 0.15) is 17.0 Å². The van der Waals surface area contributed by atoms with E-state index in [9.17, 15) is 41.5 Å². The normalized spacial score (nSPS) is 25.8. The van der Waals surface area contributed by atoms with Gasteiger partial charge in [-0.3, -0.25) is 19.4 Å². The number of methoxy groups -OCH3 is 1. The van der Waals surface area contributed by atoms with Crippen LogP contribution in [0.4, 0.5) is 31.9 Å². The number of ether oxygens (including phenoxy) is 5. The number of alkyl carbamates (subject to hydrolysis) is 1. The van der Waals surface area contributed by atoms with E-state index in [0.717, 1.165) is 5.56 Å². The molecule has 4 amide bonds. The lowest BCUT2D eigenvalue weighted by Crippen LogP contribution is -2.56. The molecule has 2 saturated heterocycles. The Labute approximate surface area is 335 Å². The van der Waals surface area contributed by atoms with Gasteiger partial charge in [0.15, 0.2) is 12.2 Å². The van der Waals surface area contributed by atoms with Crippen molar-refractivity contribution in [1.29, 1.82) is 0 Å². The van der Waals surface area contributed by atoms with Crippen LogP contribution in [0.3, 0.4) is 0 Å². The maximum atomic E-state index is 13.6. The molecule has 15 nitrogen and oxygen atoms in total. The van der Waals surface area contributed by atoms with Gasteiger partial charge in [0, 0.05) is 63.7 Å². The van der Waals surface area contributed by atoms with Gasteiger partial charge in [-0.15, -0.1) is 0 Å². The first-order valence-corrected chi connectivity index (χ1v) is 19.4. The van der Waals surface area contributed by atoms with Crippen molar-refractivity contribution in [3.05, 3.63) is 29.8 Å². The molecule has 19 heteroatoms. The Morgan fingerprint density at radius 1 is 0.759 bits per heavy atom. The molecule has 1 aromatic rings. The van der Waals surface area contributed by atoms with Gasteiger partial charge in [-0.05, 0) is 65.7 Å². The summed E-state index contributed by atoms with van der Waals surface area (Å²) in [7, 11) is 1.52. The van der Waals surface area contributed by atoms with Gasteiger partial charge in [0.2, 0.25) is 23.7 Å². The van der Waals surface area contributed by atoms with Gasteiger partial charge in [0.25, 0.3) is 0 Å². The molecule has 58 heavy (non-hydrogen) atoms. The van der Waals surface area contributed by atoms with Crippen molar-refractivity contribution in [2.45, 2.75) is 127 Å². The lowest BCUT2D eigenvalue weighted by molar-refractivity contribution is -0.152. The van der Waals surface area contributed by atoms with Crippen LogP contribution in [0.5, 0.6) is 5.75 Å². The van der Waals surface area contributed by atoms with E-state index < -0.39 is 121 Å². The summed E-state index contributed by atoms with van der Waals surface area (Å²) in [5.74, 6) is -8.18. The van der Waals surface area contributed by atoms with E-state index in [4.69, 9.17) is 23.7 Å². The molecule has 3 N–H and O–H groups in total. The van der Waals surface area contributed by atoms with Crippen molar-refractivity contribution in [2.75, 3.05) is 39.8 Å². The number of hydrogen-bond donors (Lipinski definition) is 3. The smallest absolute Gasteiger partial charge is 0.497 e. The average Bonchev–Trinajstić information content (AvgIpc) is 3.60. The summed E-state index contributed by atoms with van der Waals surface area (Å²) < 4.78 is 81.9. The lowest BCUT2D eigenvalue weighted by atomic mass is 9.80. The van der Waals surface area contributed by atoms with Crippen molar-refractivity contribution in [1.82, 2.24) is 25.8 Å². The first kappa shape index (κ1) is 44.6. The van der Waals surface area contributed by atoms with E-state index in [-0.39, 0.29) is 39.1 Å². The molecule has 5 rings (SSSR count). The Kier molecular flexibility index (Phi) is 13.3. The molecule has 0 aromatic heterocycles. The van der Waals surface area contributed by atoms with Crippen molar-refractivity contribution >= 4 is 30.2 Å². The van der Waals surface area contributed by atoms with E-state index in [1.807, 2.05) is 4.90 Å². The van der Waals surface area contributed by atoms with Gasteiger partial charge in [0.05, 0.1) is 31.8 Å². The number of likely N-dealkylation sites (tertiary alicyclic amines) is 2. The summed E-state index contributed by atoms with van der Waals surface area (Å²) in [6, 6.07) is 4.77. The van der Waals surface area contributed by atoms with Crippen molar-refractivity contribution in [2.24, 2.45) is 11.8 Å². The predicted molar refractivity (Wildman–Crippen MR) is 198 cm³/mol. The highest BCUT2D eigenvalue weighted by molar-refractivity contribution is 5.82. The Balaban J connectivity index is 1.26. The highest BCUT2D eigenvalue weighted by Gasteiger charge is 2.52. The van der Waals surface area contributed by atoms with E-state index in [0.29, 0.717) is 5.75 Å². The van der Waals surface area contributed by atoms with E-state index in [2.05, 4.69) is 16.0 Å². The molecule has 4 aliphatic rings. The molecule has 2 aliphatic heterocycles. The maximum Gasteiger partial charge on any atom is 0.509 e. The quantitative estimate of drug-likeness (QED) is 0.152. The van der Waals surface area contributed by atoms with E-state index in [1.54, 1.807) is 65.8 Å². The number of nitrogens with one attached hydrogen (secondary N) is 3. The van der Waals surface area contributed by atoms with Crippen LogP contribution in [0.2, 0.25) is 0 Å². The van der Waals surface area contributed by atoms with E-state index >= 15 is 0 Å². The Morgan fingerprint density at radius 2 is 1.28 bits per heavy atom. The minimum atomic E-state index is -2.92. The van der Waals surface area contributed by atoms with Crippen LogP contribution in [-0.4, -0.2) is 133 Å². The van der Waals surface area contributed by atoms with Crippen LogP contribution in [-0.2, 0) is 35.0 Å². The third kappa shape index (κ3) is 12.2. The second-order valence-electron chi connectivity index (χ2n) is 17.6. The molecule has 4 fully saturated rings. The summed E-state index contributed by atoms with van der Waals surface area (Å²) in [5.41, 5.74) is -1.04. The molecular weight excluding hydrogens is 774 g/mol. The average molecular weight is 830 g/mol. The van der Waals surface area contributed by atoms with E-state index in [1.165, 1.54) is 12.0 Å². The summed E-state index contributed by atoms with van der Waals surface area (Å²) in [5, 5.41) is 8.16. The van der Waals surface area contributed by atoms with Crippen molar-refractivity contribution in [3.8, 4) is 5.75 Å². The first-order valence-electron chi connectivity index (χ1n) is 19.4. The summed E-state index contributed by atoms with van der Waals surface area (Å²) >= 11 is 0. The minimum absolute atomic E-state index is 0.00685. The second-order valence-corrected chi connectivity index (χ2v) is 17.6. The zero-order chi connectivity index (χ0) is 42.8. The monoisotopic (exact) mass is 829 g/mol.